The van der Waals surface area contributed by atoms with Crippen molar-refractivity contribution in [2.75, 3.05) is 0 Å². The fraction of sp³-hybridized carbons (Fsp3) is 0.500. The molecule has 0 aliphatic rings. The van der Waals surface area contributed by atoms with Gasteiger partial charge < -0.3 is 20.9 Å². The van der Waals surface area contributed by atoms with E-state index in [1.165, 1.54) is 0 Å². The number of benzene rings is 2. The highest BCUT2D eigenvalue weighted by Crippen LogP contribution is 2.26. The van der Waals surface area contributed by atoms with Crippen LogP contribution in [0.2, 0.25) is 0 Å². The third-order valence-corrected chi connectivity index (χ3v) is 4.99. The predicted molar refractivity (Wildman–Crippen MR) is 142 cm³/mol. The number of azo groups is 1. The molecule has 196 valence electrons. The van der Waals surface area contributed by atoms with E-state index in [9.17, 15) is 9.59 Å². The standard InChI is InChI=1S/C28H40N4O4/c1-25(2,29)17-27(5,6)35-23(33)19-9-13-21(14-10-19)31-32-22-15-11-20(12-16-22)24(34)36-28(7,8)18-26(3,4)30/h9-16H,17-18,29-30H2,1-8H3. The summed E-state index contributed by atoms with van der Waals surface area (Å²) in [7, 11) is 0. The fourth-order valence-corrected chi connectivity index (χ4v) is 4.33. The molecule has 0 bridgehead atoms. The average molecular weight is 497 g/mol. The summed E-state index contributed by atoms with van der Waals surface area (Å²) in [6, 6.07) is 13.3. The molecule has 2 rings (SSSR count). The zero-order valence-electron chi connectivity index (χ0n) is 22.7. The number of carbonyl (C=O) groups is 2. The zero-order valence-corrected chi connectivity index (χ0v) is 22.7. The van der Waals surface area contributed by atoms with Crippen LogP contribution in [0, 0.1) is 0 Å². The third kappa shape index (κ3) is 10.3. The van der Waals surface area contributed by atoms with Crippen LogP contribution in [0.4, 0.5) is 11.4 Å². The highest BCUT2D eigenvalue weighted by Gasteiger charge is 2.31. The summed E-state index contributed by atoms with van der Waals surface area (Å²) >= 11 is 0. The second-order valence-corrected chi connectivity index (χ2v) is 11.9. The number of ether oxygens (including phenoxy) is 2. The first-order valence-corrected chi connectivity index (χ1v) is 12.0. The van der Waals surface area contributed by atoms with Gasteiger partial charge in [-0.25, -0.2) is 9.59 Å². The van der Waals surface area contributed by atoms with Gasteiger partial charge in [-0.05, 0) is 104 Å². The van der Waals surface area contributed by atoms with E-state index in [0.29, 0.717) is 35.3 Å². The van der Waals surface area contributed by atoms with Gasteiger partial charge in [0.2, 0.25) is 0 Å². The molecule has 0 spiro atoms. The van der Waals surface area contributed by atoms with Crippen molar-refractivity contribution in [3.63, 3.8) is 0 Å². The molecule has 0 radical (unpaired) electrons. The second kappa shape index (κ2) is 10.9. The van der Waals surface area contributed by atoms with E-state index in [1.54, 1.807) is 48.5 Å². The van der Waals surface area contributed by atoms with E-state index in [-0.39, 0.29) is 0 Å². The van der Waals surface area contributed by atoms with Crippen LogP contribution < -0.4 is 11.5 Å². The van der Waals surface area contributed by atoms with Crippen molar-refractivity contribution in [3.05, 3.63) is 59.7 Å². The Hall–Kier alpha value is -3.10. The largest absolute Gasteiger partial charge is 0.456 e. The molecule has 0 saturated carbocycles. The van der Waals surface area contributed by atoms with Crippen LogP contribution in [0.5, 0.6) is 0 Å². The Morgan fingerprint density at radius 1 is 0.611 bits per heavy atom. The molecule has 2 aromatic rings. The normalized spacial score (nSPS) is 13.1. The van der Waals surface area contributed by atoms with Crippen LogP contribution in [0.25, 0.3) is 0 Å². The van der Waals surface area contributed by atoms with Gasteiger partial charge in [-0.15, -0.1) is 0 Å². The third-order valence-electron chi connectivity index (χ3n) is 4.99. The first-order chi connectivity index (χ1) is 16.3. The number of carbonyl (C=O) groups excluding carboxylic acids is 2. The Balaban J connectivity index is 1.99. The number of nitrogens with zero attached hydrogens (tertiary/aromatic N) is 2. The molecule has 8 heteroatoms. The van der Waals surface area contributed by atoms with Crippen molar-refractivity contribution >= 4 is 23.3 Å². The molecule has 0 atom stereocenters. The molecule has 0 aliphatic carbocycles. The Morgan fingerprint density at radius 3 is 1.14 bits per heavy atom. The minimum Gasteiger partial charge on any atom is -0.456 e. The fourth-order valence-electron chi connectivity index (χ4n) is 4.33. The zero-order chi connectivity index (χ0) is 27.4. The Kier molecular flexibility index (Phi) is 8.81. The molecule has 0 amide bonds. The maximum atomic E-state index is 12.5. The maximum Gasteiger partial charge on any atom is 0.338 e. The quantitative estimate of drug-likeness (QED) is 0.296. The van der Waals surface area contributed by atoms with Gasteiger partial charge in [-0.2, -0.15) is 10.2 Å². The molecule has 0 unspecified atom stereocenters. The van der Waals surface area contributed by atoms with Crippen LogP contribution >= 0.6 is 0 Å². The topological polar surface area (TPSA) is 129 Å². The van der Waals surface area contributed by atoms with E-state index >= 15 is 0 Å². The lowest BCUT2D eigenvalue weighted by Crippen LogP contribution is -2.42. The molecule has 4 N–H and O–H groups in total. The van der Waals surface area contributed by atoms with Crippen LogP contribution in [-0.2, 0) is 9.47 Å². The molecular formula is C28H40N4O4. The van der Waals surface area contributed by atoms with E-state index in [2.05, 4.69) is 10.2 Å². The van der Waals surface area contributed by atoms with E-state index in [1.807, 2.05) is 55.4 Å². The van der Waals surface area contributed by atoms with Gasteiger partial charge in [0.25, 0.3) is 0 Å². The summed E-state index contributed by atoms with van der Waals surface area (Å²) in [6.07, 6.45) is 1.05. The van der Waals surface area contributed by atoms with Gasteiger partial charge in [0, 0.05) is 23.9 Å². The average Bonchev–Trinajstić information content (AvgIpc) is 2.68. The van der Waals surface area contributed by atoms with Gasteiger partial charge in [0.05, 0.1) is 22.5 Å². The van der Waals surface area contributed by atoms with E-state index in [0.717, 1.165) is 0 Å². The summed E-state index contributed by atoms with van der Waals surface area (Å²) in [5, 5.41) is 8.40. The van der Waals surface area contributed by atoms with Gasteiger partial charge in [-0.3, -0.25) is 0 Å². The Labute approximate surface area is 214 Å². The molecule has 8 nitrogen and oxygen atoms in total. The molecule has 0 aliphatic heterocycles. The lowest BCUT2D eigenvalue weighted by atomic mass is 9.90. The summed E-state index contributed by atoms with van der Waals surface area (Å²) in [6.45, 7) is 14.9. The summed E-state index contributed by atoms with van der Waals surface area (Å²) in [5.74, 6) is -0.846. The van der Waals surface area contributed by atoms with Crippen molar-refractivity contribution in [2.45, 2.75) is 90.5 Å². The van der Waals surface area contributed by atoms with Gasteiger partial charge >= 0.3 is 11.9 Å². The molecule has 36 heavy (non-hydrogen) atoms. The van der Waals surface area contributed by atoms with Crippen molar-refractivity contribution in [1.29, 1.82) is 0 Å². The van der Waals surface area contributed by atoms with Crippen LogP contribution in [0.15, 0.2) is 58.8 Å². The second-order valence-electron chi connectivity index (χ2n) is 11.9. The Morgan fingerprint density at radius 2 is 0.889 bits per heavy atom. The molecule has 0 aromatic heterocycles. The van der Waals surface area contributed by atoms with Gasteiger partial charge in [-0.1, -0.05) is 0 Å². The van der Waals surface area contributed by atoms with Crippen LogP contribution in [0.3, 0.4) is 0 Å². The van der Waals surface area contributed by atoms with Gasteiger partial charge in [0.1, 0.15) is 11.2 Å². The van der Waals surface area contributed by atoms with Gasteiger partial charge in [0.15, 0.2) is 0 Å². The number of nitrogens with two attached hydrogens (primary N) is 2. The number of hydrogen-bond acceptors (Lipinski definition) is 8. The summed E-state index contributed by atoms with van der Waals surface area (Å²) in [4.78, 5) is 25.0. The van der Waals surface area contributed by atoms with Crippen molar-refractivity contribution < 1.29 is 19.1 Å². The number of hydrogen-bond donors (Lipinski definition) is 2. The lowest BCUT2D eigenvalue weighted by Gasteiger charge is -2.32. The van der Waals surface area contributed by atoms with Crippen LogP contribution in [0.1, 0.15) is 88.9 Å². The summed E-state index contributed by atoms with van der Waals surface area (Å²) in [5.41, 5.74) is 11.8. The monoisotopic (exact) mass is 496 g/mol. The van der Waals surface area contributed by atoms with E-state index in [4.69, 9.17) is 20.9 Å². The lowest BCUT2D eigenvalue weighted by molar-refractivity contribution is -0.0130. The minimum atomic E-state index is -0.691. The van der Waals surface area contributed by atoms with Crippen molar-refractivity contribution in [2.24, 2.45) is 21.7 Å². The summed E-state index contributed by atoms with van der Waals surface area (Å²) < 4.78 is 11.3. The first-order valence-electron chi connectivity index (χ1n) is 12.0. The van der Waals surface area contributed by atoms with Crippen molar-refractivity contribution in [3.8, 4) is 0 Å². The minimum absolute atomic E-state index is 0.417. The highest BCUT2D eigenvalue weighted by atomic mass is 16.6. The molecule has 0 fully saturated rings. The molecular weight excluding hydrogens is 456 g/mol. The number of rotatable bonds is 10. The number of esters is 2. The maximum absolute atomic E-state index is 12.5. The first kappa shape index (κ1) is 29.1. The highest BCUT2D eigenvalue weighted by molar-refractivity contribution is 5.90. The molecule has 0 heterocycles. The van der Waals surface area contributed by atoms with E-state index < -0.39 is 34.2 Å². The smallest absolute Gasteiger partial charge is 0.338 e. The predicted octanol–water partition coefficient (Wildman–Crippen LogP) is 6.23. The Bertz CT molecular complexity index is 987. The van der Waals surface area contributed by atoms with Crippen LogP contribution in [-0.4, -0.2) is 34.2 Å². The SMILES string of the molecule is CC(C)(N)CC(C)(C)OC(=O)c1ccc(N=Nc2ccc(C(=O)OC(C)(C)CC(C)(C)N)cc2)cc1. The molecule has 0 saturated heterocycles. The molecule has 2 aromatic carbocycles. The van der Waals surface area contributed by atoms with Crippen molar-refractivity contribution in [1.82, 2.24) is 0 Å².